The first kappa shape index (κ1) is 13.2. The number of anilines is 1. The van der Waals surface area contributed by atoms with Crippen LogP contribution < -0.4 is 5.32 Å². The van der Waals surface area contributed by atoms with E-state index < -0.39 is 0 Å². The van der Waals surface area contributed by atoms with Gasteiger partial charge in [-0.1, -0.05) is 13.3 Å². The van der Waals surface area contributed by atoms with E-state index in [4.69, 9.17) is 0 Å². The van der Waals surface area contributed by atoms with Crippen LogP contribution in [-0.2, 0) is 0 Å². The van der Waals surface area contributed by atoms with Crippen LogP contribution in [0.2, 0.25) is 0 Å². The molecular weight excluding hydrogens is 319 g/mol. The van der Waals surface area contributed by atoms with Gasteiger partial charge in [-0.15, -0.1) is 0 Å². The molecule has 0 spiro atoms. The largest absolute Gasteiger partial charge is 0.377 e. The predicted octanol–water partition coefficient (Wildman–Crippen LogP) is 3.80. The summed E-state index contributed by atoms with van der Waals surface area (Å²) in [4.78, 5) is 10.5. The van der Waals surface area contributed by atoms with Crippen molar-refractivity contribution in [3.63, 3.8) is 0 Å². The second kappa shape index (κ2) is 6.03. The highest BCUT2D eigenvalue weighted by molar-refractivity contribution is 14.1. The van der Waals surface area contributed by atoms with E-state index in [1.165, 1.54) is 0 Å². The van der Waals surface area contributed by atoms with Crippen molar-refractivity contribution in [3.05, 3.63) is 31.9 Å². The Kier molecular flexibility index (Phi) is 4.98. The molecule has 0 aliphatic carbocycles. The smallest absolute Gasteiger partial charge is 0.293 e. The summed E-state index contributed by atoms with van der Waals surface area (Å²) in [5, 5.41) is 14.1. The van der Waals surface area contributed by atoms with Gasteiger partial charge < -0.3 is 5.32 Å². The summed E-state index contributed by atoms with van der Waals surface area (Å²) in [7, 11) is 0. The van der Waals surface area contributed by atoms with Crippen molar-refractivity contribution < 1.29 is 4.92 Å². The third-order valence-corrected chi connectivity index (χ3v) is 2.95. The fourth-order valence-corrected chi connectivity index (χ4v) is 2.02. The van der Waals surface area contributed by atoms with Gasteiger partial charge in [-0.3, -0.25) is 10.1 Å². The zero-order valence-corrected chi connectivity index (χ0v) is 11.5. The van der Waals surface area contributed by atoms with Gasteiger partial charge in [-0.25, -0.2) is 0 Å². The molecule has 0 aromatic heterocycles. The number of rotatable bonds is 5. The lowest BCUT2D eigenvalue weighted by Crippen LogP contribution is -2.15. The minimum atomic E-state index is -0.344. The molecule has 1 unspecified atom stereocenters. The molecule has 1 rings (SSSR count). The molecule has 0 radical (unpaired) electrons. The van der Waals surface area contributed by atoms with Crippen LogP contribution in [-0.4, -0.2) is 11.0 Å². The van der Waals surface area contributed by atoms with Crippen molar-refractivity contribution in [1.29, 1.82) is 0 Å². The Balaban J connectivity index is 2.90. The van der Waals surface area contributed by atoms with E-state index in [1.807, 2.05) is 13.0 Å². The Bertz CT molecular complexity index is 382. The van der Waals surface area contributed by atoms with Crippen LogP contribution in [0, 0.1) is 13.7 Å². The molecule has 0 heterocycles. The van der Waals surface area contributed by atoms with E-state index in [0.29, 0.717) is 5.69 Å². The summed E-state index contributed by atoms with van der Waals surface area (Å²) in [5.41, 5.74) is 0.751. The predicted molar refractivity (Wildman–Crippen MR) is 73.8 cm³/mol. The van der Waals surface area contributed by atoms with Gasteiger partial charge in [0, 0.05) is 15.7 Å². The first-order chi connectivity index (χ1) is 7.54. The third kappa shape index (κ3) is 3.62. The minimum Gasteiger partial charge on any atom is -0.377 e. The number of benzene rings is 1. The topological polar surface area (TPSA) is 55.2 Å². The first-order valence-electron chi connectivity index (χ1n) is 5.25. The van der Waals surface area contributed by atoms with Crippen LogP contribution in [0.1, 0.15) is 26.7 Å². The maximum Gasteiger partial charge on any atom is 0.293 e. The van der Waals surface area contributed by atoms with Crippen LogP contribution in [0.5, 0.6) is 0 Å². The van der Waals surface area contributed by atoms with E-state index in [1.54, 1.807) is 12.1 Å². The highest BCUT2D eigenvalue weighted by Crippen LogP contribution is 2.27. The molecule has 1 aromatic carbocycles. The SMILES string of the molecule is CCCC(C)Nc1ccc(I)cc1[N+](=O)[O-]. The van der Waals surface area contributed by atoms with E-state index in [0.717, 1.165) is 16.4 Å². The van der Waals surface area contributed by atoms with Crippen molar-refractivity contribution in [1.82, 2.24) is 0 Å². The molecule has 88 valence electrons. The zero-order chi connectivity index (χ0) is 12.1. The van der Waals surface area contributed by atoms with E-state index >= 15 is 0 Å². The Morgan fingerprint density at radius 1 is 1.56 bits per heavy atom. The average molecular weight is 334 g/mol. The van der Waals surface area contributed by atoms with Gasteiger partial charge in [0.1, 0.15) is 5.69 Å². The quantitative estimate of drug-likeness (QED) is 0.506. The number of nitro benzene ring substituents is 1. The van der Waals surface area contributed by atoms with Gasteiger partial charge in [0.05, 0.1) is 4.92 Å². The number of nitro groups is 1. The summed E-state index contributed by atoms with van der Waals surface area (Å²) in [5.74, 6) is 0. The first-order valence-corrected chi connectivity index (χ1v) is 6.33. The molecule has 0 amide bonds. The summed E-state index contributed by atoms with van der Waals surface area (Å²) in [6.07, 6.45) is 2.06. The summed E-state index contributed by atoms with van der Waals surface area (Å²) >= 11 is 2.07. The third-order valence-electron chi connectivity index (χ3n) is 2.28. The maximum atomic E-state index is 10.9. The van der Waals surface area contributed by atoms with Crippen molar-refractivity contribution in [2.75, 3.05) is 5.32 Å². The van der Waals surface area contributed by atoms with Crippen LogP contribution in [0.25, 0.3) is 0 Å². The lowest BCUT2D eigenvalue weighted by atomic mass is 10.2. The van der Waals surface area contributed by atoms with E-state index in [-0.39, 0.29) is 16.7 Å². The van der Waals surface area contributed by atoms with Crippen molar-refractivity contribution in [2.24, 2.45) is 0 Å². The van der Waals surface area contributed by atoms with Gasteiger partial charge >= 0.3 is 0 Å². The molecule has 1 aromatic rings. The van der Waals surface area contributed by atoms with Crippen LogP contribution in [0.15, 0.2) is 18.2 Å². The Hall–Kier alpha value is -0.850. The van der Waals surface area contributed by atoms with E-state index in [9.17, 15) is 10.1 Å². The van der Waals surface area contributed by atoms with Crippen molar-refractivity contribution >= 4 is 34.0 Å². The molecule has 4 nitrogen and oxygen atoms in total. The van der Waals surface area contributed by atoms with Gasteiger partial charge in [0.15, 0.2) is 0 Å². The van der Waals surface area contributed by atoms with Crippen molar-refractivity contribution in [3.8, 4) is 0 Å². The molecule has 0 saturated heterocycles. The highest BCUT2D eigenvalue weighted by atomic mass is 127. The molecule has 5 heteroatoms. The van der Waals surface area contributed by atoms with Gasteiger partial charge in [0.25, 0.3) is 5.69 Å². The standard InChI is InChI=1S/C11H15IN2O2/c1-3-4-8(2)13-10-6-5-9(12)7-11(10)14(15)16/h5-8,13H,3-4H2,1-2H3. The summed E-state index contributed by atoms with van der Waals surface area (Å²) in [6.45, 7) is 4.13. The van der Waals surface area contributed by atoms with Crippen molar-refractivity contribution in [2.45, 2.75) is 32.7 Å². The second-order valence-corrected chi connectivity index (χ2v) is 5.00. The van der Waals surface area contributed by atoms with E-state index in [2.05, 4.69) is 34.8 Å². The molecule has 0 aliphatic heterocycles. The average Bonchev–Trinajstić information content (AvgIpc) is 2.20. The molecule has 0 aliphatic rings. The fraction of sp³-hybridized carbons (Fsp3) is 0.455. The second-order valence-electron chi connectivity index (χ2n) is 3.75. The maximum absolute atomic E-state index is 10.9. The molecule has 0 fully saturated rings. The van der Waals surface area contributed by atoms with Gasteiger partial charge in [-0.05, 0) is 48.1 Å². The Labute approximate surface area is 109 Å². The fourth-order valence-electron chi connectivity index (χ4n) is 1.55. The number of hydrogen-bond donors (Lipinski definition) is 1. The zero-order valence-electron chi connectivity index (χ0n) is 9.37. The van der Waals surface area contributed by atoms with Gasteiger partial charge in [0.2, 0.25) is 0 Å². The molecule has 1 N–H and O–H groups in total. The lowest BCUT2D eigenvalue weighted by Gasteiger charge is -2.14. The van der Waals surface area contributed by atoms with Crippen LogP contribution in [0.4, 0.5) is 11.4 Å². The molecule has 1 atom stereocenters. The number of halogens is 1. The minimum absolute atomic E-state index is 0.148. The number of nitrogens with one attached hydrogen (secondary N) is 1. The van der Waals surface area contributed by atoms with Gasteiger partial charge in [-0.2, -0.15) is 0 Å². The van der Waals surface area contributed by atoms with Crippen LogP contribution in [0.3, 0.4) is 0 Å². The Morgan fingerprint density at radius 2 is 2.25 bits per heavy atom. The number of nitrogens with zero attached hydrogens (tertiary/aromatic N) is 1. The lowest BCUT2D eigenvalue weighted by molar-refractivity contribution is -0.384. The van der Waals surface area contributed by atoms with Crippen LogP contribution >= 0.6 is 22.6 Å². The Morgan fingerprint density at radius 3 is 2.81 bits per heavy atom. The monoisotopic (exact) mass is 334 g/mol. The number of hydrogen-bond acceptors (Lipinski definition) is 3. The molecule has 16 heavy (non-hydrogen) atoms. The highest BCUT2D eigenvalue weighted by Gasteiger charge is 2.15. The molecular formula is C11H15IN2O2. The summed E-state index contributed by atoms with van der Waals surface area (Å²) in [6, 6.07) is 5.48. The summed E-state index contributed by atoms with van der Waals surface area (Å²) < 4.78 is 0.873. The molecule has 0 saturated carbocycles. The normalized spacial score (nSPS) is 12.2. The molecule has 0 bridgehead atoms.